The van der Waals surface area contributed by atoms with Gasteiger partial charge in [-0.25, -0.2) is 4.98 Å². The summed E-state index contributed by atoms with van der Waals surface area (Å²) in [5.74, 6) is -0.344. The van der Waals surface area contributed by atoms with Gasteiger partial charge in [-0.15, -0.1) is 0 Å². The predicted octanol–water partition coefficient (Wildman–Crippen LogP) is 6.56. The van der Waals surface area contributed by atoms with Gasteiger partial charge in [0.2, 0.25) is 5.88 Å². The van der Waals surface area contributed by atoms with Crippen LogP contribution in [0, 0.1) is 0 Å². The van der Waals surface area contributed by atoms with Gasteiger partial charge in [0.15, 0.2) is 5.82 Å². The molecule has 1 heterocycles. The highest BCUT2D eigenvalue weighted by molar-refractivity contribution is 5.99. The number of nitrogens with zero attached hydrogens (tertiary/aromatic N) is 2. The van der Waals surface area contributed by atoms with Crippen LogP contribution in [0.15, 0.2) is 72.8 Å². The third kappa shape index (κ3) is 4.08. The number of aromatic nitrogens is 2. The van der Waals surface area contributed by atoms with Crippen LogP contribution in [-0.4, -0.2) is 31.4 Å². The van der Waals surface area contributed by atoms with Crippen LogP contribution in [0.2, 0.25) is 0 Å². The van der Waals surface area contributed by atoms with Crippen LogP contribution in [-0.2, 0) is 0 Å². The van der Waals surface area contributed by atoms with Gasteiger partial charge < -0.3 is 20.1 Å². The standard InChI is InChI=1S/C29H24N2O4/c32-22-14-25(33)28(26(34)15-22)29-30-24(16-27(31-29)35-23-7-3-4-8-23)20-10-9-19-11-17-5-1-2-6-18(17)12-21(19)13-20/h1-2,5-6,9-16,23,32-34H,3-4,7-8H2. The molecular formula is C29H24N2O4. The van der Waals surface area contributed by atoms with Gasteiger partial charge >= 0.3 is 0 Å². The van der Waals surface area contributed by atoms with Crippen molar-refractivity contribution in [2.45, 2.75) is 31.8 Å². The quantitative estimate of drug-likeness (QED) is 0.261. The Hall–Kier alpha value is -4.32. The van der Waals surface area contributed by atoms with E-state index in [1.54, 1.807) is 6.07 Å². The molecule has 1 aliphatic carbocycles. The molecule has 35 heavy (non-hydrogen) atoms. The van der Waals surface area contributed by atoms with Crippen molar-refractivity contribution in [3.05, 3.63) is 72.8 Å². The number of rotatable bonds is 4. The molecule has 1 aliphatic rings. The first-order valence-corrected chi connectivity index (χ1v) is 11.8. The molecule has 6 heteroatoms. The molecule has 6 rings (SSSR count). The molecule has 1 saturated carbocycles. The van der Waals surface area contributed by atoms with E-state index in [9.17, 15) is 15.3 Å². The summed E-state index contributed by atoms with van der Waals surface area (Å²) in [6.45, 7) is 0. The minimum Gasteiger partial charge on any atom is -0.508 e. The van der Waals surface area contributed by atoms with Crippen molar-refractivity contribution in [1.29, 1.82) is 0 Å². The lowest BCUT2D eigenvalue weighted by atomic mass is 10.0. The monoisotopic (exact) mass is 464 g/mol. The van der Waals surface area contributed by atoms with Crippen LogP contribution in [0.4, 0.5) is 0 Å². The van der Waals surface area contributed by atoms with Gasteiger partial charge in [0.1, 0.15) is 28.9 Å². The summed E-state index contributed by atoms with van der Waals surface area (Å²) in [6.07, 6.45) is 4.25. The zero-order valence-corrected chi connectivity index (χ0v) is 19.0. The summed E-state index contributed by atoms with van der Waals surface area (Å²) in [4.78, 5) is 9.19. The Balaban J connectivity index is 1.50. The fourth-order valence-corrected chi connectivity index (χ4v) is 4.85. The number of fused-ring (bicyclic) bond motifs is 2. The zero-order chi connectivity index (χ0) is 23.9. The van der Waals surface area contributed by atoms with E-state index in [1.807, 2.05) is 18.2 Å². The summed E-state index contributed by atoms with van der Waals surface area (Å²) in [7, 11) is 0. The van der Waals surface area contributed by atoms with Crippen LogP contribution in [0.25, 0.3) is 44.2 Å². The zero-order valence-electron chi connectivity index (χ0n) is 19.0. The highest BCUT2D eigenvalue weighted by Crippen LogP contribution is 2.40. The fourth-order valence-electron chi connectivity index (χ4n) is 4.85. The highest BCUT2D eigenvalue weighted by atomic mass is 16.5. The van der Waals surface area contributed by atoms with Gasteiger partial charge in [0, 0.05) is 23.8 Å². The van der Waals surface area contributed by atoms with E-state index in [2.05, 4.69) is 46.4 Å². The van der Waals surface area contributed by atoms with Crippen molar-refractivity contribution in [3.63, 3.8) is 0 Å². The van der Waals surface area contributed by atoms with Crippen molar-refractivity contribution >= 4 is 21.5 Å². The molecule has 0 radical (unpaired) electrons. The lowest BCUT2D eigenvalue weighted by Crippen LogP contribution is -2.12. The molecule has 174 valence electrons. The first-order valence-electron chi connectivity index (χ1n) is 11.8. The van der Waals surface area contributed by atoms with Crippen LogP contribution in [0.5, 0.6) is 23.1 Å². The highest BCUT2D eigenvalue weighted by Gasteiger charge is 2.21. The van der Waals surface area contributed by atoms with Gasteiger partial charge in [-0.1, -0.05) is 36.4 Å². The maximum Gasteiger partial charge on any atom is 0.217 e. The van der Waals surface area contributed by atoms with Gasteiger partial charge in [-0.05, 0) is 65.4 Å². The Morgan fingerprint density at radius 2 is 1.34 bits per heavy atom. The molecule has 0 saturated heterocycles. The predicted molar refractivity (Wildman–Crippen MR) is 136 cm³/mol. The van der Waals surface area contributed by atoms with Crippen LogP contribution < -0.4 is 4.74 Å². The molecule has 0 aliphatic heterocycles. The number of aromatic hydroxyl groups is 3. The summed E-state index contributed by atoms with van der Waals surface area (Å²) in [5.41, 5.74) is 1.53. The van der Waals surface area contributed by atoms with Gasteiger partial charge in [0.25, 0.3) is 0 Å². The molecule has 3 N–H and O–H groups in total. The maximum absolute atomic E-state index is 10.5. The number of phenols is 3. The SMILES string of the molecule is Oc1cc(O)c(-c2nc(OC3CCCC3)cc(-c3ccc4cc5ccccc5cc4c3)n2)c(O)c1. The molecule has 0 atom stereocenters. The van der Waals surface area contributed by atoms with E-state index < -0.39 is 0 Å². The summed E-state index contributed by atoms with van der Waals surface area (Å²) >= 11 is 0. The normalized spacial score (nSPS) is 14.1. The number of hydrogen-bond donors (Lipinski definition) is 3. The number of hydrogen-bond acceptors (Lipinski definition) is 6. The average Bonchev–Trinajstić information content (AvgIpc) is 3.34. The van der Waals surface area contributed by atoms with Crippen LogP contribution >= 0.6 is 0 Å². The Morgan fingerprint density at radius 3 is 2.06 bits per heavy atom. The van der Waals surface area contributed by atoms with Crippen LogP contribution in [0.3, 0.4) is 0 Å². The van der Waals surface area contributed by atoms with Crippen LogP contribution in [0.1, 0.15) is 25.7 Å². The van der Waals surface area contributed by atoms with Gasteiger partial charge in [-0.3, -0.25) is 0 Å². The Bertz CT molecular complexity index is 1550. The molecule has 5 aromatic rings. The molecule has 6 nitrogen and oxygen atoms in total. The van der Waals surface area contributed by atoms with E-state index in [-0.39, 0.29) is 34.7 Å². The van der Waals surface area contributed by atoms with Crippen molar-refractivity contribution < 1.29 is 20.1 Å². The third-order valence-electron chi connectivity index (χ3n) is 6.60. The Morgan fingerprint density at radius 1 is 0.686 bits per heavy atom. The lowest BCUT2D eigenvalue weighted by molar-refractivity contribution is 0.201. The maximum atomic E-state index is 10.5. The minimum absolute atomic E-state index is 0.0488. The second kappa shape index (κ2) is 8.47. The van der Waals surface area contributed by atoms with E-state index in [0.29, 0.717) is 11.6 Å². The lowest BCUT2D eigenvalue weighted by Gasteiger charge is -2.15. The fraction of sp³-hybridized carbons (Fsp3) is 0.172. The molecule has 1 fully saturated rings. The molecule has 1 aromatic heterocycles. The molecule has 4 aromatic carbocycles. The average molecular weight is 465 g/mol. The van der Waals surface area contributed by atoms with Gasteiger partial charge in [0.05, 0.1) is 5.69 Å². The Labute approximate surface area is 202 Å². The van der Waals surface area contributed by atoms with Crippen molar-refractivity contribution in [2.75, 3.05) is 0 Å². The molecular weight excluding hydrogens is 440 g/mol. The molecule has 0 bridgehead atoms. The third-order valence-corrected chi connectivity index (χ3v) is 6.60. The molecule has 0 amide bonds. The van der Waals surface area contributed by atoms with E-state index in [0.717, 1.165) is 59.5 Å². The van der Waals surface area contributed by atoms with Crippen molar-refractivity contribution in [2.24, 2.45) is 0 Å². The van der Waals surface area contributed by atoms with E-state index in [4.69, 9.17) is 4.74 Å². The van der Waals surface area contributed by atoms with Crippen molar-refractivity contribution in [3.8, 4) is 45.8 Å². The minimum atomic E-state index is -0.309. The first kappa shape index (κ1) is 21.2. The summed E-state index contributed by atoms with van der Waals surface area (Å²) < 4.78 is 6.18. The first-order chi connectivity index (χ1) is 17.0. The Kier molecular flexibility index (Phi) is 5.14. The topological polar surface area (TPSA) is 95.7 Å². The molecule has 0 unspecified atom stereocenters. The molecule has 0 spiro atoms. The number of phenolic OH excluding ortho intramolecular Hbond substituents is 3. The van der Waals surface area contributed by atoms with E-state index >= 15 is 0 Å². The number of benzene rings is 4. The summed E-state index contributed by atoms with van der Waals surface area (Å²) in [5, 5.41) is 35.2. The smallest absolute Gasteiger partial charge is 0.217 e. The summed E-state index contributed by atoms with van der Waals surface area (Å²) in [6, 6.07) is 22.8. The van der Waals surface area contributed by atoms with E-state index in [1.165, 1.54) is 5.39 Å². The second-order valence-electron chi connectivity index (χ2n) is 9.06. The van der Waals surface area contributed by atoms with Gasteiger partial charge in [-0.2, -0.15) is 4.98 Å². The largest absolute Gasteiger partial charge is 0.508 e. The second-order valence-corrected chi connectivity index (χ2v) is 9.06. The van der Waals surface area contributed by atoms with Crippen molar-refractivity contribution in [1.82, 2.24) is 9.97 Å². The number of ether oxygens (including phenoxy) is 1.